The van der Waals surface area contributed by atoms with E-state index in [4.69, 9.17) is 9.47 Å². The lowest BCUT2D eigenvalue weighted by atomic mass is 10.1. The summed E-state index contributed by atoms with van der Waals surface area (Å²) in [5.41, 5.74) is 1.85. The topological polar surface area (TPSA) is 157 Å². The van der Waals surface area contributed by atoms with Crippen LogP contribution < -0.4 is 10.6 Å². The number of amides is 2. The zero-order chi connectivity index (χ0) is 31.5. The Hall–Kier alpha value is -4.08. The summed E-state index contributed by atoms with van der Waals surface area (Å²) in [6, 6.07) is 4.08. The van der Waals surface area contributed by atoms with Gasteiger partial charge in [-0.25, -0.2) is 4.98 Å². The van der Waals surface area contributed by atoms with E-state index in [-0.39, 0.29) is 60.7 Å². The molecule has 44 heavy (non-hydrogen) atoms. The van der Waals surface area contributed by atoms with Gasteiger partial charge in [0.05, 0.1) is 70.9 Å². The number of ether oxygens (including phenoxy) is 2. The maximum Gasteiger partial charge on any atom is 0.294 e. The van der Waals surface area contributed by atoms with Gasteiger partial charge in [-0.05, 0) is 26.0 Å². The van der Waals surface area contributed by atoms with Crippen LogP contribution in [0.5, 0.6) is 0 Å². The number of nitrogens with one attached hydrogen (secondary N) is 2. The molecule has 3 aromatic rings. The molecule has 2 fully saturated rings. The molecule has 0 spiro atoms. The highest BCUT2D eigenvalue weighted by atomic mass is 79.9. The fourth-order valence-electron chi connectivity index (χ4n) is 5.60. The molecular weight excluding hydrogens is 636 g/mol. The first-order valence-electron chi connectivity index (χ1n) is 14.2. The van der Waals surface area contributed by atoms with Crippen LogP contribution in [0.25, 0.3) is 0 Å². The monoisotopic (exact) mass is 670 g/mol. The molecule has 15 heteroatoms. The number of pyridine rings is 1. The number of benzene rings is 1. The Morgan fingerprint density at radius 3 is 2.45 bits per heavy atom. The second-order valence-electron chi connectivity index (χ2n) is 11.1. The van der Waals surface area contributed by atoms with Crippen molar-refractivity contribution in [2.45, 2.75) is 44.8 Å². The molecule has 4 heterocycles. The minimum atomic E-state index is -0.582. The van der Waals surface area contributed by atoms with E-state index in [1.165, 1.54) is 12.3 Å². The van der Waals surface area contributed by atoms with Crippen molar-refractivity contribution in [3.63, 3.8) is 0 Å². The summed E-state index contributed by atoms with van der Waals surface area (Å²) in [7, 11) is 3.59. The van der Waals surface area contributed by atoms with Gasteiger partial charge >= 0.3 is 0 Å². The largest absolute Gasteiger partial charge is 0.387 e. The van der Waals surface area contributed by atoms with Crippen LogP contribution in [-0.4, -0.2) is 98.7 Å². The number of hydrogen-bond donors (Lipinski definition) is 2. The number of halogens is 1. The smallest absolute Gasteiger partial charge is 0.294 e. The van der Waals surface area contributed by atoms with Crippen LogP contribution in [0.15, 0.2) is 47.6 Å². The summed E-state index contributed by atoms with van der Waals surface area (Å²) in [6.07, 6.45) is 5.53. The average Bonchev–Trinajstić information content (AvgIpc) is 3.60. The maximum atomic E-state index is 13.9. The molecule has 4 atom stereocenters. The van der Waals surface area contributed by atoms with Gasteiger partial charge in [-0.1, -0.05) is 15.9 Å². The highest BCUT2D eigenvalue weighted by molar-refractivity contribution is 9.10. The predicted octanol–water partition coefficient (Wildman–Crippen LogP) is 3.30. The molecule has 0 bridgehead atoms. The number of carbonyl (C=O) groups excluding carboxylic acids is 2. The maximum absolute atomic E-state index is 13.9. The molecule has 2 aromatic heterocycles. The van der Waals surface area contributed by atoms with E-state index in [0.717, 1.165) is 5.69 Å². The number of morpholine rings is 1. The van der Waals surface area contributed by atoms with Crippen molar-refractivity contribution in [3.8, 4) is 0 Å². The highest BCUT2D eigenvalue weighted by Gasteiger charge is 2.39. The lowest BCUT2D eigenvalue weighted by molar-refractivity contribution is -0.384. The number of aromatic nitrogens is 3. The van der Waals surface area contributed by atoms with E-state index in [1.807, 2.05) is 25.5 Å². The first-order valence-corrected chi connectivity index (χ1v) is 15.0. The van der Waals surface area contributed by atoms with E-state index in [0.29, 0.717) is 28.8 Å². The van der Waals surface area contributed by atoms with Crippen LogP contribution >= 0.6 is 15.9 Å². The number of likely N-dealkylation sites (tertiary alicyclic amines) is 1. The summed E-state index contributed by atoms with van der Waals surface area (Å²) in [5.74, 6) is -0.613. The Balaban J connectivity index is 1.48. The van der Waals surface area contributed by atoms with Crippen LogP contribution in [0.4, 0.5) is 17.1 Å². The average molecular weight is 672 g/mol. The van der Waals surface area contributed by atoms with Gasteiger partial charge < -0.3 is 34.5 Å². The Labute approximate surface area is 263 Å². The van der Waals surface area contributed by atoms with Gasteiger partial charge in [-0.2, -0.15) is 0 Å². The number of rotatable bonds is 9. The number of nitro groups is 1. The molecule has 2 N–H and O–H groups in total. The van der Waals surface area contributed by atoms with Crippen molar-refractivity contribution in [1.29, 1.82) is 0 Å². The summed E-state index contributed by atoms with van der Waals surface area (Å²) < 4.78 is 14.3. The van der Waals surface area contributed by atoms with Gasteiger partial charge in [-0.3, -0.25) is 24.7 Å². The third kappa shape index (κ3) is 6.84. The second kappa shape index (κ2) is 13.3. The van der Waals surface area contributed by atoms with Crippen LogP contribution in [0.1, 0.15) is 40.3 Å². The quantitative estimate of drug-likeness (QED) is 0.256. The van der Waals surface area contributed by atoms with Gasteiger partial charge in [0.1, 0.15) is 5.69 Å². The molecule has 234 valence electrons. The van der Waals surface area contributed by atoms with Crippen LogP contribution in [0, 0.1) is 10.1 Å². The van der Waals surface area contributed by atoms with Crippen LogP contribution in [0.3, 0.4) is 0 Å². The summed E-state index contributed by atoms with van der Waals surface area (Å²) in [6.45, 7) is 5.06. The molecule has 14 nitrogen and oxygen atoms in total. The molecule has 0 saturated carbocycles. The van der Waals surface area contributed by atoms with Crippen molar-refractivity contribution in [2.24, 2.45) is 7.05 Å². The highest BCUT2D eigenvalue weighted by Crippen LogP contribution is 2.36. The molecule has 5 rings (SSSR count). The minimum Gasteiger partial charge on any atom is -0.387 e. The van der Waals surface area contributed by atoms with E-state index >= 15 is 0 Å². The van der Waals surface area contributed by atoms with Crippen molar-refractivity contribution >= 4 is 44.8 Å². The van der Waals surface area contributed by atoms with Gasteiger partial charge in [0, 0.05) is 63.2 Å². The number of anilines is 2. The molecular formula is C29H35BrN8O6. The third-order valence-electron chi connectivity index (χ3n) is 7.74. The fraction of sp³-hybridized carbons (Fsp3) is 0.448. The SMILES string of the molecule is CNc1cncc(C(=O)N2C[C@H](Nc3c(C(=O)N4C[C@@H](C)O[C@@H](C)C4)cc(Br)cc3[N+](=O)[O-])[C@@H](OCc3cncn3C)C2)c1. The zero-order valence-corrected chi connectivity index (χ0v) is 26.5. The molecule has 1 aromatic carbocycles. The predicted molar refractivity (Wildman–Crippen MR) is 166 cm³/mol. The van der Waals surface area contributed by atoms with Gasteiger partial charge in [0.25, 0.3) is 17.5 Å². The Morgan fingerprint density at radius 2 is 1.80 bits per heavy atom. The van der Waals surface area contributed by atoms with E-state index in [1.54, 1.807) is 47.7 Å². The number of hydrogen-bond acceptors (Lipinski definition) is 10. The number of nitro benzene ring substituents is 1. The van der Waals surface area contributed by atoms with Crippen molar-refractivity contribution < 1.29 is 24.0 Å². The second-order valence-corrected chi connectivity index (χ2v) is 12.0. The number of imidazole rings is 1. The normalized spacial score (nSPS) is 21.8. The van der Waals surface area contributed by atoms with Gasteiger partial charge in [0.15, 0.2) is 0 Å². The van der Waals surface area contributed by atoms with Crippen molar-refractivity contribution in [1.82, 2.24) is 24.3 Å². The molecule has 0 unspecified atom stereocenters. The first kappa shape index (κ1) is 31.3. The van der Waals surface area contributed by atoms with E-state index in [2.05, 4.69) is 36.5 Å². The minimum absolute atomic E-state index is 0.0716. The zero-order valence-electron chi connectivity index (χ0n) is 24.9. The number of nitrogens with zero attached hydrogens (tertiary/aromatic N) is 6. The molecule has 2 amide bonds. The molecule has 2 aliphatic heterocycles. The molecule has 0 radical (unpaired) electrons. The van der Waals surface area contributed by atoms with E-state index < -0.39 is 17.1 Å². The summed E-state index contributed by atoms with van der Waals surface area (Å²) in [4.78, 5) is 50.8. The Morgan fingerprint density at radius 1 is 1.07 bits per heavy atom. The number of carbonyl (C=O) groups is 2. The Bertz CT molecular complexity index is 1540. The van der Waals surface area contributed by atoms with Crippen molar-refractivity contribution in [3.05, 3.63) is 74.5 Å². The first-order chi connectivity index (χ1) is 21.0. The molecule has 2 saturated heterocycles. The van der Waals surface area contributed by atoms with Crippen LogP contribution in [0.2, 0.25) is 0 Å². The van der Waals surface area contributed by atoms with E-state index in [9.17, 15) is 19.7 Å². The molecule has 0 aliphatic carbocycles. The summed E-state index contributed by atoms with van der Waals surface area (Å²) in [5, 5.41) is 18.6. The Kier molecular flexibility index (Phi) is 9.46. The van der Waals surface area contributed by atoms with Gasteiger partial charge in [-0.15, -0.1) is 0 Å². The van der Waals surface area contributed by atoms with Crippen molar-refractivity contribution in [2.75, 3.05) is 43.9 Å². The lowest BCUT2D eigenvalue weighted by Crippen LogP contribution is -2.48. The fourth-order valence-corrected chi connectivity index (χ4v) is 6.04. The summed E-state index contributed by atoms with van der Waals surface area (Å²) >= 11 is 3.35. The van der Waals surface area contributed by atoms with Gasteiger partial charge in [0.2, 0.25) is 0 Å². The number of aryl methyl sites for hydroxylation is 1. The van der Waals surface area contributed by atoms with Crippen LogP contribution in [-0.2, 0) is 23.1 Å². The lowest BCUT2D eigenvalue weighted by Gasteiger charge is -2.35. The third-order valence-corrected chi connectivity index (χ3v) is 8.19. The molecule has 2 aliphatic rings. The standard InChI is InChI=1S/C29H35BrN8O6/c1-17-11-36(12-18(2)44-17)29(40)23-6-20(30)7-25(38(41)42)27(23)34-24-13-37(28(39)19-5-21(31-3)9-32-8-19)14-26(24)43-15-22-10-33-16-35(22)4/h5-10,16-18,24,26,31,34H,11-15H2,1-4H3/t17-,18+,24-,26-/m0/s1.